The summed E-state index contributed by atoms with van der Waals surface area (Å²) in [6, 6.07) is 10.6. The Morgan fingerprint density at radius 2 is 1.91 bits per heavy atom. The quantitative estimate of drug-likeness (QED) is 0.362. The number of nitrogens with zero attached hydrogens (tertiary/aromatic N) is 3. The van der Waals surface area contributed by atoms with Crippen LogP contribution < -0.4 is 10.6 Å². The van der Waals surface area contributed by atoms with Gasteiger partial charge in [-0.3, -0.25) is 4.79 Å². The summed E-state index contributed by atoms with van der Waals surface area (Å²) >= 11 is 0. The third kappa shape index (κ3) is 4.22. The minimum atomic E-state index is -0.230. The fourth-order valence-corrected chi connectivity index (χ4v) is 4.28. The highest BCUT2D eigenvalue weighted by Crippen LogP contribution is 2.34. The third-order valence-corrected chi connectivity index (χ3v) is 5.98. The molecule has 1 aromatic heterocycles. The van der Waals surface area contributed by atoms with Gasteiger partial charge in [0.05, 0.1) is 17.8 Å². The smallest absolute Gasteiger partial charge is 0.228 e. The van der Waals surface area contributed by atoms with Crippen LogP contribution in [0.4, 0.5) is 17.3 Å². The lowest BCUT2D eigenvalue weighted by atomic mass is 10.0. The molecule has 5 rings (SSSR count). The van der Waals surface area contributed by atoms with Crippen LogP contribution in [0.15, 0.2) is 42.6 Å². The van der Waals surface area contributed by atoms with E-state index in [1.165, 1.54) is 43.6 Å². The number of amides is 1. The zero-order valence-electron chi connectivity index (χ0n) is 17.6. The van der Waals surface area contributed by atoms with Crippen molar-refractivity contribution < 1.29 is 15.0 Å². The lowest BCUT2D eigenvalue weighted by molar-refractivity contribution is -0.115. The first kappa shape index (κ1) is 20.3. The zero-order chi connectivity index (χ0) is 22.1. The van der Waals surface area contributed by atoms with Crippen molar-refractivity contribution in [3.8, 4) is 22.8 Å². The molecule has 0 aliphatic carbocycles. The number of carbonyl (C=O) groups is 1. The van der Waals surface area contributed by atoms with Crippen molar-refractivity contribution in [3.05, 3.63) is 53.7 Å². The predicted octanol–water partition coefficient (Wildman–Crippen LogP) is 3.43. The highest BCUT2D eigenvalue weighted by molar-refractivity contribution is 6.00. The number of nitrogens with one attached hydrogen (secondary N) is 2. The van der Waals surface area contributed by atoms with Gasteiger partial charge >= 0.3 is 0 Å². The Hall–Kier alpha value is -3.65. The number of hydrogen-bond donors (Lipinski definition) is 4. The topological polar surface area (TPSA) is 111 Å². The largest absolute Gasteiger partial charge is 0.504 e. The van der Waals surface area contributed by atoms with Crippen LogP contribution in [0, 0.1) is 0 Å². The summed E-state index contributed by atoms with van der Waals surface area (Å²) < 4.78 is 0. The second-order valence-electron chi connectivity index (χ2n) is 8.30. The molecule has 2 aliphatic heterocycles. The van der Waals surface area contributed by atoms with E-state index in [1.807, 2.05) is 12.1 Å². The second kappa shape index (κ2) is 8.47. The molecule has 1 amide bonds. The first-order valence-electron chi connectivity index (χ1n) is 10.9. The van der Waals surface area contributed by atoms with E-state index in [2.05, 4.69) is 31.6 Å². The third-order valence-electron chi connectivity index (χ3n) is 5.98. The molecule has 0 spiro atoms. The van der Waals surface area contributed by atoms with E-state index in [1.54, 1.807) is 12.3 Å². The summed E-state index contributed by atoms with van der Waals surface area (Å²) in [5.74, 6) is -0.175. The molecule has 1 saturated heterocycles. The lowest BCUT2D eigenvalue weighted by Crippen LogP contribution is -2.22. The van der Waals surface area contributed by atoms with Crippen molar-refractivity contribution >= 4 is 23.2 Å². The van der Waals surface area contributed by atoms with Gasteiger partial charge in [0.15, 0.2) is 11.5 Å². The van der Waals surface area contributed by atoms with Crippen LogP contribution in [-0.2, 0) is 17.6 Å². The molecule has 8 nitrogen and oxygen atoms in total. The predicted molar refractivity (Wildman–Crippen MR) is 122 cm³/mol. The minimum absolute atomic E-state index is 0.0885. The Labute approximate surface area is 186 Å². The molecule has 0 bridgehead atoms. The van der Waals surface area contributed by atoms with Crippen LogP contribution in [0.25, 0.3) is 11.3 Å². The SMILES string of the molecule is O=C1Cc2cnc(Nc3ccc(O)c(O)c3)nc2-c2ccc(CCN3CCCC3)cc2N1. The fraction of sp³-hybridized carbons (Fsp3) is 0.292. The van der Waals surface area contributed by atoms with Gasteiger partial charge in [0.1, 0.15) is 0 Å². The second-order valence-corrected chi connectivity index (χ2v) is 8.30. The van der Waals surface area contributed by atoms with E-state index in [0.29, 0.717) is 17.3 Å². The van der Waals surface area contributed by atoms with E-state index in [4.69, 9.17) is 0 Å². The van der Waals surface area contributed by atoms with Crippen molar-refractivity contribution in [2.45, 2.75) is 25.7 Å². The zero-order valence-corrected chi connectivity index (χ0v) is 17.6. The Bertz CT molecular complexity index is 1170. The normalized spacial score (nSPS) is 15.6. The first-order chi connectivity index (χ1) is 15.5. The van der Waals surface area contributed by atoms with Crippen molar-refractivity contribution in [2.24, 2.45) is 0 Å². The van der Waals surface area contributed by atoms with Crippen molar-refractivity contribution in [2.75, 3.05) is 30.3 Å². The fourth-order valence-electron chi connectivity index (χ4n) is 4.28. The molecule has 0 radical (unpaired) electrons. The molecular formula is C24H25N5O3. The number of hydrogen-bond acceptors (Lipinski definition) is 7. The maximum Gasteiger partial charge on any atom is 0.228 e. The molecule has 4 N–H and O–H groups in total. The van der Waals surface area contributed by atoms with Gasteiger partial charge in [-0.2, -0.15) is 0 Å². The number of aromatic hydroxyl groups is 2. The van der Waals surface area contributed by atoms with Crippen molar-refractivity contribution in [3.63, 3.8) is 0 Å². The van der Waals surface area contributed by atoms with Crippen LogP contribution in [-0.4, -0.2) is 50.6 Å². The Kier molecular flexibility index (Phi) is 5.36. The summed E-state index contributed by atoms with van der Waals surface area (Å²) in [4.78, 5) is 24.0. The van der Waals surface area contributed by atoms with Gasteiger partial charge in [0, 0.05) is 35.6 Å². The van der Waals surface area contributed by atoms with Crippen LogP contribution in [0.5, 0.6) is 11.5 Å². The number of anilines is 3. The van der Waals surface area contributed by atoms with Crippen LogP contribution >= 0.6 is 0 Å². The molecule has 0 saturated carbocycles. The van der Waals surface area contributed by atoms with Crippen molar-refractivity contribution in [1.82, 2.24) is 14.9 Å². The monoisotopic (exact) mass is 431 g/mol. The molecule has 8 heteroatoms. The van der Waals surface area contributed by atoms with E-state index in [0.717, 1.165) is 29.8 Å². The summed E-state index contributed by atoms with van der Waals surface area (Å²) in [6.07, 6.45) is 5.35. The maximum atomic E-state index is 12.5. The lowest BCUT2D eigenvalue weighted by Gasteiger charge is -2.16. The number of aromatic nitrogens is 2. The van der Waals surface area contributed by atoms with Gasteiger partial charge in [0.25, 0.3) is 0 Å². The van der Waals surface area contributed by atoms with Gasteiger partial charge in [-0.1, -0.05) is 12.1 Å². The molecule has 164 valence electrons. The van der Waals surface area contributed by atoms with Crippen LogP contribution in [0.3, 0.4) is 0 Å². The summed E-state index contributed by atoms with van der Waals surface area (Å²) in [5, 5.41) is 25.3. The highest BCUT2D eigenvalue weighted by atomic mass is 16.3. The summed E-state index contributed by atoms with van der Waals surface area (Å²) in [6.45, 7) is 3.36. The number of phenols is 2. The maximum absolute atomic E-state index is 12.5. The first-order valence-corrected chi connectivity index (χ1v) is 10.9. The Morgan fingerprint density at radius 3 is 2.72 bits per heavy atom. The van der Waals surface area contributed by atoms with Crippen LogP contribution in [0.2, 0.25) is 0 Å². The number of phenolic OH excluding ortho intramolecular Hbond substituents is 2. The Morgan fingerprint density at radius 1 is 1.06 bits per heavy atom. The van der Waals surface area contributed by atoms with Gasteiger partial charge in [-0.15, -0.1) is 0 Å². The summed E-state index contributed by atoms with van der Waals surface area (Å²) in [5.41, 5.74) is 4.80. The number of benzene rings is 2. The molecular weight excluding hydrogens is 406 g/mol. The molecule has 3 aromatic rings. The average molecular weight is 431 g/mol. The number of likely N-dealkylation sites (tertiary alicyclic amines) is 1. The van der Waals surface area contributed by atoms with Gasteiger partial charge in [-0.25, -0.2) is 9.97 Å². The van der Waals surface area contributed by atoms with E-state index >= 15 is 0 Å². The van der Waals surface area contributed by atoms with Gasteiger partial charge < -0.3 is 25.7 Å². The summed E-state index contributed by atoms with van der Waals surface area (Å²) in [7, 11) is 0. The number of fused-ring (bicyclic) bond motifs is 3. The molecule has 0 atom stereocenters. The standard InChI is InChI=1S/C24H25N5O3/c30-20-6-4-17(13-21(20)31)26-24-25-14-16-12-22(32)27-19-11-15(3-5-18(19)23(16)28-24)7-10-29-8-1-2-9-29/h3-6,11,13-14,30-31H,1-2,7-10,12H2,(H,27,32)(H,25,26,28). The molecule has 1 fully saturated rings. The average Bonchev–Trinajstić information content (AvgIpc) is 3.25. The van der Waals surface area contributed by atoms with E-state index in [-0.39, 0.29) is 23.8 Å². The van der Waals surface area contributed by atoms with Gasteiger partial charge in [0.2, 0.25) is 11.9 Å². The molecule has 0 unspecified atom stereocenters. The Balaban J connectivity index is 1.43. The van der Waals surface area contributed by atoms with E-state index < -0.39 is 0 Å². The van der Waals surface area contributed by atoms with E-state index in [9.17, 15) is 15.0 Å². The molecule has 2 aliphatic rings. The number of rotatable bonds is 5. The van der Waals surface area contributed by atoms with Gasteiger partial charge in [-0.05, 0) is 56.1 Å². The minimum Gasteiger partial charge on any atom is -0.504 e. The van der Waals surface area contributed by atoms with Crippen LogP contribution in [0.1, 0.15) is 24.0 Å². The highest BCUT2D eigenvalue weighted by Gasteiger charge is 2.22. The van der Waals surface area contributed by atoms with Crippen molar-refractivity contribution in [1.29, 1.82) is 0 Å². The molecule has 32 heavy (non-hydrogen) atoms. The molecule has 2 aromatic carbocycles. The number of carbonyl (C=O) groups excluding carboxylic acids is 1. The molecule has 3 heterocycles.